The van der Waals surface area contributed by atoms with E-state index in [2.05, 4.69) is 41.5 Å². The Balaban J connectivity index is 0.000000332. The molecule has 0 saturated heterocycles. The second-order valence-corrected chi connectivity index (χ2v) is 19.5. The minimum atomic E-state index is -3.96. The topological polar surface area (TPSA) is 0 Å². The van der Waals surface area contributed by atoms with Gasteiger partial charge < -0.3 is 0 Å². The number of rotatable bonds is 10. The summed E-state index contributed by atoms with van der Waals surface area (Å²) in [5, 5.41) is 0. The third kappa shape index (κ3) is 21.4. The average molecular weight is 787 g/mol. The van der Waals surface area contributed by atoms with Gasteiger partial charge >= 0.3 is 6.18 Å². The molecule has 2 atom stereocenters. The molecule has 5 fully saturated rings. The average Bonchev–Trinajstić information content (AvgIpc) is 3.80. The lowest BCUT2D eigenvalue weighted by atomic mass is 9.77. The maximum atomic E-state index is 12.7. The molecule has 5 saturated carbocycles. The molecule has 5 aliphatic rings. The molecule has 0 amide bonds. The molecule has 0 spiro atoms. The normalized spacial score (nSPS) is 26.4. The van der Waals surface area contributed by atoms with E-state index in [9.17, 15) is 48.3 Å². The van der Waals surface area contributed by atoms with E-state index >= 15 is 0 Å². The van der Waals surface area contributed by atoms with E-state index in [1.54, 1.807) is 0 Å². The fourth-order valence-electron chi connectivity index (χ4n) is 8.16. The lowest BCUT2D eigenvalue weighted by molar-refractivity contribution is -0.191. The highest BCUT2D eigenvalue weighted by atomic mass is 19.4. The molecule has 0 aromatic carbocycles. The fourth-order valence-corrected chi connectivity index (χ4v) is 8.16. The van der Waals surface area contributed by atoms with Gasteiger partial charge in [0.1, 0.15) is 0 Å². The Bertz CT molecular complexity index is 988. The lowest BCUT2D eigenvalue weighted by Crippen LogP contribution is -2.35. The van der Waals surface area contributed by atoms with E-state index in [-0.39, 0.29) is 62.7 Å². The van der Waals surface area contributed by atoms with Gasteiger partial charge in [0, 0.05) is 50.9 Å². The fraction of sp³-hybridized carbons (Fsp3) is 1.00. The zero-order chi connectivity index (χ0) is 41.2. The van der Waals surface area contributed by atoms with Gasteiger partial charge in [-0.2, -0.15) is 13.2 Å². The SMILES string of the molecule is CC(C)CC1(C(F)(F)F)CC1.CC(C)CC1CC(F)(F)C1.CC(C)CC1CC1(F)F.CC(C)CC1CCC(F)(F)C1.CC(C)CC1CCC(F)(F)CC1. The molecule has 11 heteroatoms. The second-order valence-electron chi connectivity index (χ2n) is 19.5. The van der Waals surface area contributed by atoms with Crippen molar-refractivity contribution in [3.63, 3.8) is 0 Å². The van der Waals surface area contributed by atoms with Gasteiger partial charge in [-0.25, -0.2) is 35.1 Å². The van der Waals surface area contributed by atoms with E-state index in [0.29, 0.717) is 61.2 Å². The van der Waals surface area contributed by atoms with Crippen molar-refractivity contribution >= 4 is 0 Å². The first-order chi connectivity index (χ1) is 23.9. The number of hydrogen-bond donors (Lipinski definition) is 0. The number of halogens is 11. The molecule has 0 N–H and O–H groups in total. The van der Waals surface area contributed by atoms with Gasteiger partial charge in [-0.3, -0.25) is 0 Å². The van der Waals surface area contributed by atoms with Gasteiger partial charge in [-0.1, -0.05) is 69.2 Å². The number of alkyl halides is 11. The maximum Gasteiger partial charge on any atom is 0.394 e. The summed E-state index contributed by atoms with van der Waals surface area (Å²) >= 11 is 0. The molecule has 318 valence electrons. The van der Waals surface area contributed by atoms with E-state index < -0.39 is 35.3 Å². The molecule has 0 bridgehead atoms. The Morgan fingerprint density at radius 1 is 0.434 bits per heavy atom. The van der Waals surface area contributed by atoms with Crippen molar-refractivity contribution in [3.05, 3.63) is 0 Å². The zero-order valence-corrected chi connectivity index (χ0v) is 34.4. The highest BCUT2D eigenvalue weighted by Crippen LogP contribution is 2.61. The van der Waals surface area contributed by atoms with E-state index in [0.717, 1.165) is 38.5 Å². The third-order valence-corrected chi connectivity index (χ3v) is 10.9. The van der Waals surface area contributed by atoms with Gasteiger partial charge in [-0.15, -0.1) is 0 Å². The predicted molar refractivity (Wildman–Crippen MR) is 195 cm³/mol. The minimum Gasteiger partial charge on any atom is -0.207 e. The predicted octanol–water partition coefficient (Wildman–Crippen LogP) is 16.5. The van der Waals surface area contributed by atoms with Crippen LogP contribution in [0.2, 0.25) is 0 Å². The summed E-state index contributed by atoms with van der Waals surface area (Å²) in [6, 6.07) is 0. The third-order valence-electron chi connectivity index (χ3n) is 10.9. The van der Waals surface area contributed by atoms with Crippen molar-refractivity contribution in [2.75, 3.05) is 0 Å². The van der Waals surface area contributed by atoms with Crippen molar-refractivity contribution in [3.8, 4) is 0 Å². The first-order valence-electron chi connectivity index (χ1n) is 20.5. The highest BCUT2D eigenvalue weighted by Gasteiger charge is 2.62. The molecular formula is C42H73F11. The molecule has 0 nitrogen and oxygen atoms in total. The van der Waals surface area contributed by atoms with Crippen LogP contribution < -0.4 is 0 Å². The Kier molecular flexibility index (Phi) is 19.5. The quantitative estimate of drug-likeness (QED) is 0.194. The Morgan fingerprint density at radius 3 is 1.06 bits per heavy atom. The first kappa shape index (κ1) is 50.2. The summed E-state index contributed by atoms with van der Waals surface area (Å²) in [5.41, 5.74) is -1.29. The van der Waals surface area contributed by atoms with Crippen LogP contribution in [0.3, 0.4) is 0 Å². The molecule has 0 aliphatic heterocycles. The summed E-state index contributed by atoms with van der Waals surface area (Å²) in [4.78, 5) is 0. The minimum absolute atomic E-state index is 0.115. The van der Waals surface area contributed by atoms with Crippen molar-refractivity contribution in [1.29, 1.82) is 0 Å². The van der Waals surface area contributed by atoms with E-state index in [4.69, 9.17) is 0 Å². The highest BCUT2D eigenvalue weighted by molar-refractivity contribution is 4.99. The summed E-state index contributed by atoms with van der Waals surface area (Å²) < 4.78 is 136. The zero-order valence-electron chi connectivity index (χ0n) is 34.4. The molecule has 5 rings (SSSR count). The van der Waals surface area contributed by atoms with Crippen LogP contribution in [0.5, 0.6) is 0 Å². The van der Waals surface area contributed by atoms with Gasteiger partial charge in [0.2, 0.25) is 17.8 Å². The van der Waals surface area contributed by atoms with Crippen molar-refractivity contribution in [2.24, 2.45) is 58.7 Å². The van der Waals surface area contributed by atoms with Crippen LogP contribution in [0, 0.1) is 58.7 Å². The molecule has 0 aromatic heterocycles. The van der Waals surface area contributed by atoms with Crippen molar-refractivity contribution < 1.29 is 48.3 Å². The number of hydrogen-bond acceptors (Lipinski definition) is 0. The van der Waals surface area contributed by atoms with Crippen LogP contribution >= 0.6 is 0 Å². The lowest BCUT2D eigenvalue weighted by Gasteiger charge is -2.35. The van der Waals surface area contributed by atoms with Crippen molar-refractivity contribution in [2.45, 2.75) is 208 Å². The van der Waals surface area contributed by atoms with Crippen LogP contribution in [0.25, 0.3) is 0 Å². The Labute approximate surface area is 315 Å². The molecular weight excluding hydrogens is 713 g/mol. The summed E-state index contributed by atoms with van der Waals surface area (Å²) in [6.45, 7) is 20.3. The molecule has 53 heavy (non-hydrogen) atoms. The molecule has 2 unspecified atom stereocenters. The van der Waals surface area contributed by atoms with Crippen LogP contribution in [0.4, 0.5) is 48.3 Å². The van der Waals surface area contributed by atoms with Crippen LogP contribution in [0.1, 0.15) is 178 Å². The standard InChI is InChI=1S/C10H18F2.C9H16F2.C8H13F3.C8H14F2.C7H12F2/c1-8(2)7-9-3-5-10(11,12)6-4-9;1-7(2)5-8-3-4-9(10,11)6-8;1-6(2)5-7(3-4-7)8(9,10)11;1-6(2)3-7-4-8(9,10)5-7;1-5(2)3-6-4-7(6,8)9/h8-9H,3-7H2,1-2H3;7-8H,3-6H2,1-2H3;6H,3-5H2,1-2H3;6-7H,3-5H2,1-2H3;5-6H,3-4H2,1-2H3. The van der Waals surface area contributed by atoms with E-state index in [1.807, 2.05) is 27.7 Å². The van der Waals surface area contributed by atoms with Crippen LogP contribution in [-0.4, -0.2) is 29.9 Å². The molecule has 5 aliphatic carbocycles. The van der Waals surface area contributed by atoms with E-state index in [1.165, 1.54) is 0 Å². The second kappa shape index (κ2) is 20.6. The monoisotopic (exact) mass is 787 g/mol. The van der Waals surface area contributed by atoms with Gasteiger partial charge in [0.05, 0.1) is 5.41 Å². The van der Waals surface area contributed by atoms with Gasteiger partial charge in [0.25, 0.3) is 5.92 Å². The Morgan fingerprint density at radius 2 is 0.792 bits per heavy atom. The summed E-state index contributed by atoms with van der Waals surface area (Å²) in [6.07, 6.45) is 3.82. The molecule has 0 radical (unpaired) electrons. The Hall–Kier alpha value is -0.770. The largest absolute Gasteiger partial charge is 0.394 e. The van der Waals surface area contributed by atoms with Crippen LogP contribution in [-0.2, 0) is 0 Å². The van der Waals surface area contributed by atoms with Crippen LogP contribution in [0.15, 0.2) is 0 Å². The van der Waals surface area contributed by atoms with Crippen molar-refractivity contribution in [1.82, 2.24) is 0 Å². The first-order valence-corrected chi connectivity index (χ1v) is 20.5. The smallest absolute Gasteiger partial charge is 0.207 e. The van der Waals surface area contributed by atoms with Gasteiger partial charge in [-0.05, 0) is 112 Å². The van der Waals surface area contributed by atoms with Gasteiger partial charge in [0.15, 0.2) is 0 Å². The molecule has 0 heterocycles. The molecule has 0 aromatic rings. The summed E-state index contributed by atoms with van der Waals surface area (Å²) in [5.74, 6) is -6.11. The maximum absolute atomic E-state index is 12.7. The summed E-state index contributed by atoms with van der Waals surface area (Å²) in [7, 11) is 0.